The first-order valence-electron chi connectivity index (χ1n) is 10.2. The van der Waals surface area contributed by atoms with Gasteiger partial charge in [0.05, 0.1) is 30.3 Å². The molecule has 0 unspecified atom stereocenters. The summed E-state index contributed by atoms with van der Waals surface area (Å²) in [4.78, 5) is 40.4. The molecule has 3 amide bonds. The van der Waals surface area contributed by atoms with E-state index in [1.807, 2.05) is 6.92 Å². The minimum atomic E-state index is -0.390. The summed E-state index contributed by atoms with van der Waals surface area (Å²) in [6.07, 6.45) is 3.03. The van der Waals surface area contributed by atoms with Crippen LogP contribution in [0.2, 0.25) is 5.02 Å². The Morgan fingerprint density at radius 1 is 1.13 bits per heavy atom. The molecule has 2 fully saturated rings. The highest BCUT2D eigenvalue weighted by molar-refractivity contribution is 6.31. The van der Waals surface area contributed by atoms with Gasteiger partial charge in [-0.1, -0.05) is 29.3 Å². The molecule has 2 aromatic carbocycles. The fraction of sp³-hybridized carbons (Fsp3) is 0.292. The largest absolute Gasteiger partial charge is 0.495 e. The number of anilines is 2. The average molecular weight is 437 g/mol. The molecule has 5 rings (SSSR count). The monoisotopic (exact) mass is 436 g/mol. The molecule has 0 aromatic heterocycles. The average Bonchev–Trinajstić information content (AvgIpc) is 3.38. The fourth-order valence-corrected chi connectivity index (χ4v) is 5.46. The van der Waals surface area contributed by atoms with E-state index < -0.39 is 0 Å². The molecule has 0 spiro atoms. The second-order valence-electron chi connectivity index (χ2n) is 8.33. The highest BCUT2D eigenvalue weighted by Crippen LogP contribution is 2.55. The number of rotatable bonds is 4. The molecule has 0 radical (unpaired) electrons. The Labute approximate surface area is 184 Å². The van der Waals surface area contributed by atoms with E-state index in [0.717, 1.165) is 6.42 Å². The lowest BCUT2D eigenvalue weighted by atomic mass is 9.82. The van der Waals surface area contributed by atoms with Crippen LogP contribution in [0.5, 0.6) is 5.75 Å². The zero-order valence-electron chi connectivity index (χ0n) is 17.1. The van der Waals surface area contributed by atoms with Crippen LogP contribution in [-0.2, 0) is 9.59 Å². The molecule has 2 bridgehead atoms. The van der Waals surface area contributed by atoms with Crippen molar-refractivity contribution in [2.24, 2.45) is 23.7 Å². The molecule has 1 saturated carbocycles. The molecule has 2 aliphatic carbocycles. The number of methoxy groups -OCH3 is 1. The van der Waals surface area contributed by atoms with E-state index in [2.05, 4.69) is 11.4 Å². The van der Waals surface area contributed by atoms with Crippen molar-refractivity contribution < 1.29 is 19.1 Å². The topological polar surface area (TPSA) is 75.7 Å². The summed E-state index contributed by atoms with van der Waals surface area (Å²) >= 11 is 6.04. The number of fused-ring (bicyclic) bond motifs is 5. The van der Waals surface area contributed by atoms with Gasteiger partial charge in [-0.15, -0.1) is 0 Å². The van der Waals surface area contributed by atoms with Gasteiger partial charge in [0.25, 0.3) is 5.91 Å². The zero-order chi connectivity index (χ0) is 21.9. The van der Waals surface area contributed by atoms with Crippen molar-refractivity contribution in [1.82, 2.24) is 0 Å². The molecule has 1 saturated heterocycles. The lowest BCUT2D eigenvalue weighted by Gasteiger charge is -2.19. The molecule has 1 aliphatic heterocycles. The molecule has 2 aromatic rings. The van der Waals surface area contributed by atoms with Crippen LogP contribution in [0.4, 0.5) is 11.4 Å². The van der Waals surface area contributed by atoms with Gasteiger partial charge in [-0.3, -0.25) is 14.4 Å². The molecular weight excluding hydrogens is 416 g/mol. The minimum Gasteiger partial charge on any atom is -0.495 e. The zero-order valence-corrected chi connectivity index (χ0v) is 17.8. The number of carbonyl (C=O) groups is 3. The van der Waals surface area contributed by atoms with Crippen LogP contribution < -0.4 is 15.0 Å². The highest BCUT2D eigenvalue weighted by Gasteiger charge is 2.60. The number of ether oxygens (including phenoxy) is 1. The van der Waals surface area contributed by atoms with Crippen molar-refractivity contribution in [3.63, 3.8) is 0 Å². The molecule has 1 heterocycles. The quantitative estimate of drug-likeness (QED) is 0.572. The van der Waals surface area contributed by atoms with Crippen molar-refractivity contribution in [2.45, 2.75) is 13.3 Å². The lowest BCUT2D eigenvalue weighted by molar-refractivity contribution is -0.123. The summed E-state index contributed by atoms with van der Waals surface area (Å²) < 4.78 is 5.27. The van der Waals surface area contributed by atoms with Crippen molar-refractivity contribution in [3.05, 3.63) is 64.7 Å². The summed E-state index contributed by atoms with van der Waals surface area (Å²) in [5.41, 5.74) is 2.39. The second-order valence-corrected chi connectivity index (χ2v) is 8.77. The fourth-order valence-electron chi connectivity index (χ4n) is 5.29. The van der Waals surface area contributed by atoms with Crippen LogP contribution >= 0.6 is 11.6 Å². The van der Waals surface area contributed by atoms with Gasteiger partial charge >= 0.3 is 0 Å². The van der Waals surface area contributed by atoms with E-state index in [4.69, 9.17) is 16.3 Å². The van der Waals surface area contributed by atoms with Gasteiger partial charge < -0.3 is 10.1 Å². The van der Waals surface area contributed by atoms with Crippen molar-refractivity contribution >= 4 is 40.7 Å². The molecule has 7 heteroatoms. The van der Waals surface area contributed by atoms with Crippen LogP contribution in [0.3, 0.4) is 0 Å². The number of nitrogens with zero attached hydrogens (tertiary/aromatic N) is 1. The SMILES string of the molecule is COc1ccc(Cl)cc1NC(=O)c1cccc(N2C(=O)[C@H]3[C@H](C2=O)[C@H]2C=C(C)[C@H]3C2)c1. The number of imide groups is 1. The Bertz CT molecular complexity index is 1160. The first-order valence-corrected chi connectivity index (χ1v) is 10.6. The van der Waals surface area contributed by atoms with Crippen LogP contribution in [-0.4, -0.2) is 24.8 Å². The van der Waals surface area contributed by atoms with Gasteiger partial charge in [-0.05, 0) is 61.6 Å². The van der Waals surface area contributed by atoms with Gasteiger partial charge in [-0.2, -0.15) is 0 Å². The number of halogens is 1. The Kier molecular flexibility index (Phi) is 4.63. The van der Waals surface area contributed by atoms with Crippen molar-refractivity contribution in [3.8, 4) is 5.75 Å². The number of hydrogen-bond donors (Lipinski definition) is 1. The van der Waals surface area contributed by atoms with E-state index in [9.17, 15) is 14.4 Å². The number of hydrogen-bond acceptors (Lipinski definition) is 4. The molecule has 4 atom stereocenters. The van der Waals surface area contributed by atoms with Crippen molar-refractivity contribution in [2.75, 3.05) is 17.3 Å². The van der Waals surface area contributed by atoms with Gasteiger partial charge in [-0.25, -0.2) is 4.90 Å². The third-order valence-electron chi connectivity index (χ3n) is 6.66. The number of amides is 3. The third kappa shape index (κ3) is 3.05. The first-order chi connectivity index (χ1) is 14.9. The van der Waals surface area contributed by atoms with Gasteiger partial charge in [0.15, 0.2) is 0 Å². The van der Waals surface area contributed by atoms with Crippen LogP contribution in [0.15, 0.2) is 54.1 Å². The van der Waals surface area contributed by atoms with E-state index in [0.29, 0.717) is 27.7 Å². The van der Waals surface area contributed by atoms with Crippen molar-refractivity contribution in [1.29, 1.82) is 0 Å². The van der Waals surface area contributed by atoms with Gasteiger partial charge in [0.2, 0.25) is 11.8 Å². The molecule has 158 valence electrons. The first kappa shape index (κ1) is 19.8. The number of allylic oxidation sites excluding steroid dienone is 2. The normalized spacial score (nSPS) is 26.2. The Morgan fingerprint density at radius 2 is 1.90 bits per heavy atom. The predicted octanol–water partition coefficient (Wildman–Crippen LogP) is 4.30. The minimum absolute atomic E-state index is 0.137. The van der Waals surface area contributed by atoms with E-state index in [1.165, 1.54) is 17.6 Å². The maximum absolute atomic E-state index is 13.2. The summed E-state index contributed by atoms with van der Waals surface area (Å²) in [6, 6.07) is 11.5. The molecular formula is C24H21ClN2O4. The summed E-state index contributed by atoms with van der Waals surface area (Å²) in [5, 5.41) is 3.24. The number of carbonyl (C=O) groups excluding carboxylic acids is 3. The Hall–Kier alpha value is -3.12. The van der Waals surface area contributed by atoms with E-state index in [-0.39, 0.29) is 41.4 Å². The highest BCUT2D eigenvalue weighted by atomic mass is 35.5. The van der Waals surface area contributed by atoms with E-state index >= 15 is 0 Å². The Balaban J connectivity index is 1.41. The van der Waals surface area contributed by atoms with Crippen LogP contribution in [0, 0.1) is 23.7 Å². The molecule has 1 N–H and O–H groups in total. The maximum atomic E-state index is 13.2. The second kappa shape index (κ2) is 7.24. The maximum Gasteiger partial charge on any atom is 0.255 e. The lowest BCUT2D eigenvalue weighted by Crippen LogP contribution is -2.33. The molecule has 3 aliphatic rings. The molecule has 31 heavy (non-hydrogen) atoms. The number of benzene rings is 2. The molecule has 6 nitrogen and oxygen atoms in total. The van der Waals surface area contributed by atoms with Gasteiger partial charge in [0.1, 0.15) is 5.75 Å². The van der Waals surface area contributed by atoms with Crippen LogP contribution in [0.1, 0.15) is 23.7 Å². The smallest absolute Gasteiger partial charge is 0.255 e. The standard InChI is InChI=1S/C24H21ClN2O4/c1-12-8-14-10-17(12)21-20(14)23(29)27(24(21)30)16-5-3-4-13(9-16)22(28)26-18-11-15(25)6-7-19(18)31-2/h3-9,11,14,17,20-21H,10H2,1-2H3,(H,26,28)/t14-,17+,20+,21+/m0/s1. The summed E-state index contributed by atoms with van der Waals surface area (Å²) in [6.45, 7) is 2.04. The predicted molar refractivity (Wildman–Crippen MR) is 117 cm³/mol. The Morgan fingerprint density at radius 3 is 2.68 bits per heavy atom. The summed E-state index contributed by atoms with van der Waals surface area (Å²) in [5.74, 6) is -0.518. The van der Waals surface area contributed by atoms with Gasteiger partial charge in [0, 0.05) is 10.6 Å². The summed E-state index contributed by atoms with van der Waals surface area (Å²) in [7, 11) is 1.50. The van der Waals surface area contributed by atoms with Crippen LogP contribution in [0.25, 0.3) is 0 Å². The third-order valence-corrected chi connectivity index (χ3v) is 6.89. The van der Waals surface area contributed by atoms with E-state index in [1.54, 1.807) is 42.5 Å². The number of nitrogens with one attached hydrogen (secondary N) is 1.